The molecule has 1 atom stereocenters. The van der Waals surface area contributed by atoms with Gasteiger partial charge in [-0.3, -0.25) is 14.5 Å². The third-order valence-electron chi connectivity index (χ3n) is 5.49. The molecule has 0 spiro atoms. The number of para-hydroxylation sites is 1. The molecule has 0 N–H and O–H groups in total. The van der Waals surface area contributed by atoms with E-state index in [1.165, 1.54) is 12.0 Å². The Morgan fingerprint density at radius 3 is 2.36 bits per heavy atom. The van der Waals surface area contributed by atoms with Crippen LogP contribution in [0.4, 0.5) is 5.69 Å². The summed E-state index contributed by atoms with van der Waals surface area (Å²) < 4.78 is 4.90. The van der Waals surface area contributed by atoms with Crippen LogP contribution in [0.3, 0.4) is 0 Å². The Labute approximate surface area is 163 Å². The second-order valence-corrected chi connectivity index (χ2v) is 7.23. The zero-order valence-electron chi connectivity index (χ0n) is 15.8. The number of piperidine rings is 1. The molecule has 28 heavy (non-hydrogen) atoms. The van der Waals surface area contributed by atoms with Gasteiger partial charge < -0.3 is 9.64 Å². The van der Waals surface area contributed by atoms with Crippen LogP contribution in [-0.4, -0.2) is 49.4 Å². The molecular formula is C22H22N2O4. The van der Waals surface area contributed by atoms with Gasteiger partial charge in [-0.25, -0.2) is 4.79 Å². The predicted octanol–water partition coefficient (Wildman–Crippen LogP) is 2.99. The van der Waals surface area contributed by atoms with Gasteiger partial charge in [-0.05, 0) is 43.0 Å². The van der Waals surface area contributed by atoms with Gasteiger partial charge in [-0.1, -0.05) is 24.3 Å². The summed E-state index contributed by atoms with van der Waals surface area (Å²) >= 11 is 0. The summed E-state index contributed by atoms with van der Waals surface area (Å²) in [5.41, 5.74) is 2.33. The molecule has 0 saturated carbocycles. The van der Waals surface area contributed by atoms with Crippen molar-refractivity contribution in [1.82, 2.24) is 4.90 Å². The van der Waals surface area contributed by atoms with Crippen molar-refractivity contribution in [1.29, 1.82) is 0 Å². The van der Waals surface area contributed by atoms with Gasteiger partial charge in [0.25, 0.3) is 11.8 Å². The molecule has 144 valence electrons. The first-order chi connectivity index (χ1) is 13.6. The molecule has 1 fully saturated rings. The number of nitrogens with zero attached hydrogens (tertiary/aromatic N) is 2. The molecule has 4 rings (SSSR count). The normalized spacial score (nSPS) is 19.0. The van der Waals surface area contributed by atoms with E-state index in [-0.39, 0.29) is 23.7 Å². The molecule has 0 bridgehead atoms. The first-order valence-corrected chi connectivity index (χ1v) is 9.47. The lowest BCUT2D eigenvalue weighted by Gasteiger charge is -2.36. The SMILES string of the molecule is COC(=O)c1ccccc1N1CCCC(CN2C(=O)c3ccccc3C2=O)C1. The summed E-state index contributed by atoms with van der Waals surface area (Å²) in [6.45, 7) is 1.90. The molecule has 2 aromatic carbocycles. The van der Waals surface area contributed by atoms with Gasteiger partial charge in [0.05, 0.1) is 29.5 Å². The first-order valence-electron chi connectivity index (χ1n) is 9.47. The van der Waals surface area contributed by atoms with Crippen LogP contribution < -0.4 is 4.90 Å². The molecular weight excluding hydrogens is 356 g/mol. The Balaban J connectivity index is 1.51. The molecule has 6 heteroatoms. The molecule has 2 heterocycles. The number of anilines is 1. The van der Waals surface area contributed by atoms with Crippen LogP contribution >= 0.6 is 0 Å². The average Bonchev–Trinajstić information content (AvgIpc) is 2.98. The highest BCUT2D eigenvalue weighted by molar-refractivity contribution is 6.21. The summed E-state index contributed by atoms with van der Waals surface area (Å²) in [6, 6.07) is 14.3. The Morgan fingerprint density at radius 1 is 1.04 bits per heavy atom. The minimum Gasteiger partial charge on any atom is -0.465 e. The monoisotopic (exact) mass is 378 g/mol. The molecule has 1 saturated heterocycles. The van der Waals surface area contributed by atoms with Crippen LogP contribution in [0.1, 0.15) is 43.9 Å². The molecule has 2 aliphatic heterocycles. The highest BCUT2D eigenvalue weighted by Gasteiger charge is 2.37. The van der Waals surface area contributed by atoms with E-state index in [2.05, 4.69) is 4.90 Å². The standard InChI is InChI=1S/C22H22N2O4/c1-28-22(27)18-10-4-5-11-19(18)23-12-6-7-15(13-23)14-24-20(25)16-8-2-3-9-17(16)21(24)26/h2-5,8-11,15H,6-7,12-14H2,1H3. The third-order valence-corrected chi connectivity index (χ3v) is 5.49. The van der Waals surface area contributed by atoms with Crippen molar-refractivity contribution >= 4 is 23.5 Å². The number of hydrogen-bond acceptors (Lipinski definition) is 5. The van der Waals surface area contributed by atoms with Crippen LogP contribution in [0.15, 0.2) is 48.5 Å². The van der Waals surface area contributed by atoms with Crippen molar-refractivity contribution < 1.29 is 19.1 Å². The number of carbonyl (C=O) groups excluding carboxylic acids is 3. The second kappa shape index (κ2) is 7.46. The van der Waals surface area contributed by atoms with E-state index in [1.54, 1.807) is 30.3 Å². The molecule has 2 aliphatic rings. The zero-order chi connectivity index (χ0) is 19.7. The molecule has 2 aromatic rings. The van der Waals surface area contributed by atoms with Crippen LogP contribution in [0, 0.1) is 5.92 Å². The maximum Gasteiger partial charge on any atom is 0.339 e. The van der Waals surface area contributed by atoms with Crippen molar-refractivity contribution in [2.75, 3.05) is 31.6 Å². The summed E-state index contributed by atoms with van der Waals surface area (Å²) in [4.78, 5) is 40.9. The summed E-state index contributed by atoms with van der Waals surface area (Å²) in [5, 5.41) is 0. The van der Waals surface area contributed by atoms with Gasteiger partial charge in [0.2, 0.25) is 0 Å². The van der Waals surface area contributed by atoms with Gasteiger partial charge in [0.1, 0.15) is 0 Å². The van der Waals surface area contributed by atoms with Gasteiger partial charge in [-0.2, -0.15) is 0 Å². The van der Waals surface area contributed by atoms with Gasteiger partial charge in [0, 0.05) is 19.6 Å². The smallest absolute Gasteiger partial charge is 0.339 e. The zero-order valence-corrected chi connectivity index (χ0v) is 15.8. The lowest BCUT2D eigenvalue weighted by molar-refractivity contribution is 0.0599. The number of imide groups is 1. The Morgan fingerprint density at radius 2 is 1.68 bits per heavy atom. The molecule has 0 aromatic heterocycles. The van der Waals surface area contributed by atoms with Crippen molar-refractivity contribution in [2.45, 2.75) is 12.8 Å². The van der Waals surface area contributed by atoms with Crippen molar-refractivity contribution in [3.05, 3.63) is 65.2 Å². The number of ether oxygens (including phenoxy) is 1. The van der Waals surface area contributed by atoms with Crippen molar-refractivity contribution in [3.63, 3.8) is 0 Å². The Hall–Kier alpha value is -3.15. The lowest BCUT2D eigenvalue weighted by atomic mass is 9.96. The Bertz CT molecular complexity index is 905. The minimum absolute atomic E-state index is 0.154. The number of carbonyl (C=O) groups is 3. The van der Waals surface area contributed by atoms with E-state index in [9.17, 15) is 14.4 Å². The molecule has 0 radical (unpaired) electrons. The van der Waals surface area contributed by atoms with Crippen LogP contribution in [-0.2, 0) is 4.74 Å². The number of esters is 1. The molecule has 2 amide bonds. The summed E-state index contributed by atoms with van der Waals surface area (Å²) in [5.74, 6) is -0.639. The van der Waals surface area contributed by atoms with Gasteiger partial charge in [0.15, 0.2) is 0 Å². The largest absolute Gasteiger partial charge is 0.465 e. The fourth-order valence-corrected chi connectivity index (χ4v) is 4.13. The highest BCUT2D eigenvalue weighted by atomic mass is 16.5. The minimum atomic E-state index is -0.363. The third kappa shape index (κ3) is 3.15. The topological polar surface area (TPSA) is 66.9 Å². The summed E-state index contributed by atoms with van der Waals surface area (Å²) in [6.07, 6.45) is 1.87. The fourth-order valence-electron chi connectivity index (χ4n) is 4.13. The molecule has 1 unspecified atom stereocenters. The highest BCUT2D eigenvalue weighted by Crippen LogP contribution is 2.29. The van der Waals surface area contributed by atoms with Crippen molar-refractivity contribution in [3.8, 4) is 0 Å². The molecule has 6 nitrogen and oxygen atoms in total. The van der Waals surface area contributed by atoms with E-state index in [0.29, 0.717) is 29.8 Å². The summed E-state index contributed by atoms with van der Waals surface area (Å²) in [7, 11) is 1.38. The van der Waals surface area contributed by atoms with Crippen LogP contribution in [0.5, 0.6) is 0 Å². The number of hydrogen-bond donors (Lipinski definition) is 0. The maximum atomic E-state index is 12.6. The van der Waals surface area contributed by atoms with Crippen molar-refractivity contribution in [2.24, 2.45) is 5.92 Å². The average molecular weight is 378 g/mol. The van der Waals surface area contributed by atoms with Gasteiger partial charge in [-0.15, -0.1) is 0 Å². The van der Waals surface area contributed by atoms with E-state index < -0.39 is 0 Å². The first kappa shape index (κ1) is 18.2. The van der Waals surface area contributed by atoms with Gasteiger partial charge >= 0.3 is 5.97 Å². The lowest BCUT2D eigenvalue weighted by Crippen LogP contribution is -2.43. The molecule has 0 aliphatic carbocycles. The number of amides is 2. The number of methoxy groups -OCH3 is 1. The predicted molar refractivity (Wildman–Crippen MR) is 105 cm³/mol. The number of benzene rings is 2. The Kier molecular flexibility index (Phi) is 4.86. The number of rotatable bonds is 4. The quantitative estimate of drug-likeness (QED) is 0.604. The second-order valence-electron chi connectivity index (χ2n) is 7.23. The fraction of sp³-hybridized carbons (Fsp3) is 0.318. The van der Waals surface area contributed by atoms with E-state index in [0.717, 1.165) is 25.1 Å². The van der Waals surface area contributed by atoms with E-state index in [4.69, 9.17) is 4.74 Å². The van der Waals surface area contributed by atoms with E-state index >= 15 is 0 Å². The van der Waals surface area contributed by atoms with Crippen LogP contribution in [0.25, 0.3) is 0 Å². The van der Waals surface area contributed by atoms with Crippen LogP contribution in [0.2, 0.25) is 0 Å². The number of fused-ring (bicyclic) bond motifs is 1. The maximum absolute atomic E-state index is 12.6. The van der Waals surface area contributed by atoms with E-state index in [1.807, 2.05) is 18.2 Å².